The second-order valence-corrected chi connectivity index (χ2v) is 3.45. The minimum absolute atomic E-state index is 0.0159. The molecule has 0 saturated carbocycles. The number of hydrogen-bond acceptors (Lipinski definition) is 1. The summed E-state index contributed by atoms with van der Waals surface area (Å²) in [5, 5.41) is 2.97. The maximum Gasteiger partial charge on any atom is 0.251 e. The molecule has 0 bridgehead atoms. The van der Waals surface area contributed by atoms with Crippen molar-refractivity contribution in [1.29, 1.82) is 0 Å². The van der Waals surface area contributed by atoms with Gasteiger partial charge in [-0.2, -0.15) is 0 Å². The van der Waals surface area contributed by atoms with Crippen LogP contribution in [0.1, 0.15) is 23.2 Å². The summed E-state index contributed by atoms with van der Waals surface area (Å²) in [5.74, 6) is 0.0159. The lowest BCUT2D eigenvalue weighted by Crippen LogP contribution is -2.31. The third kappa shape index (κ3) is 2.02. The van der Waals surface area contributed by atoms with Gasteiger partial charge in [0.2, 0.25) is 0 Å². The van der Waals surface area contributed by atoms with Crippen molar-refractivity contribution in [3.05, 3.63) is 48.0 Å². The first-order valence-electron chi connectivity index (χ1n) is 4.89. The molecule has 1 aliphatic carbocycles. The Morgan fingerprint density at radius 3 is 2.71 bits per heavy atom. The summed E-state index contributed by atoms with van der Waals surface area (Å²) in [6, 6.07) is 9.54. The Labute approximate surface area is 83.6 Å². The first kappa shape index (κ1) is 9.00. The Morgan fingerprint density at radius 2 is 2.07 bits per heavy atom. The van der Waals surface area contributed by atoms with Gasteiger partial charge < -0.3 is 5.32 Å². The van der Waals surface area contributed by atoms with E-state index in [1.54, 1.807) is 0 Å². The van der Waals surface area contributed by atoms with Crippen LogP contribution >= 0.6 is 0 Å². The predicted octanol–water partition coefficient (Wildman–Crippen LogP) is 2.13. The van der Waals surface area contributed by atoms with Gasteiger partial charge >= 0.3 is 0 Å². The standard InChI is InChI=1S/C12H13NO/c14-12(10-6-2-1-3-7-10)13-11-8-4-5-9-11/h1-4,6-8,11H,5,9H2,(H,13,14)/t11-/m1/s1. The lowest BCUT2D eigenvalue weighted by atomic mass is 10.2. The van der Waals surface area contributed by atoms with Gasteiger partial charge in [0.15, 0.2) is 0 Å². The molecule has 14 heavy (non-hydrogen) atoms. The normalized spacial score (nSPS) is 19.6. The van der Waals surface area contributed by atoms with Crippen molar-refractivity contribution < 1.29 is 4.79 Å². The molecule has 2 heteroatoms. The fourth-order valence-corrected chi connectivity index (χ4v) is 1.59. The Bertz CT molecular complexity index is 343. The summed E-state index contributed by atoms with van der Waals surface area (Å²) in [6.45, 7) is 0. The molecule has 1 N–H and O–H groups in total. The van der Waals surface area contributed by atoms with Gasteiger partial charge in [0.1, 0.15) is 0 Å². The molecule has 0 spiro atoms. The Morgan fingerprint density at radius 1 is 1.29 bits per heavy atom. The molecule has 0 aromatic heterocycles. The molecule has 1 aromatic carbocycles. The van der Waals surface area contributed by atoms with Gasteiger partial charge in [0, 0.05) is 11.6 Å². The van der Waals surface area contributed by atoms with Gasteiger partial charge in [-0.3, -0.25) is 4.79 Å². The van der Waals surface area contributed by atoms with Crippen LogP contribution < -0.4 is 5.32 Å². The van der Waals surface area contributed by atoms with Crippen LogP contribution in [0.15, 0.2) is 42.5 Å². The fraction of sp³-hybridized carbons (Fsp3) is 0.250. The van der Waals surface area contributed by atoms with E-state index in [1.807, 2.05) is 30.3 Å². The molecule has 2 rings (SSSR count). The lowest BCUT2D eigenvalue weighted by Gasteiger charge is -2.10. The van der Waals surface area contributed by atoms with Gasteiger partial charge in [-0.25, -0.2) is 0 Å². The molecule has 0 heterocycles. The second kappa shape index (κ2) is 4.09. The van der Waals surface area contributed by atoms with Gasteiger partial charge in [0.25, 0.3) is 5.91 Å². The molecule has 1 aliphatic rings. The van der Waals surface area contributed by atoms with Crippen molar-refractivity contribution in [2.75, 3.05) is 0 Å². The van der Waals surface area contributed by atoms with Crippen molar-refractivity contribution in [3.63, 3.8) is 0 Å². The molecule has 0 saturated heterocycles. The van der Waals surface area contributed by atoms with Crippen LogP contribution in [0.2, 0.25) is 0 Å². The largest absolute Gasteiger partial charge is 0.346 e. The number of benzene rings is 1. The van der Waals surface area contributed by atoms with Crippen molar-refractivity contribution in [2.24, 2.45) is 0 Å². The molecule has 1 amide bonds. The zero-order valence-corrected chi connectivity index (χ0v) is 7.94. The van der Waals surface area contributed by atoms with E-state index in [0.29, 0.717) is 0 Å². The highest BCUT2D eigenvalue weighted by atomic mass is 16.1. The number of allylic oxidation sites excluding steroid dienone is 1. The van der Waals surface area contributed by atoms with Gasteiger partial charge in [-0.1, -0.05) is 30.4 Å². The molecule has 1 atom stereocenters. The van der Waals surface area contributed by atoms with Crippen molar-refractivity contribution in [2.45, 2.75) is 18.9 Å². The Kier molecular flexibility index (Phi) is 2.63. The summed E-state index contributed by atoms with van der Waals surface area (Å²) >= 11 is 0. The lowest BCUT2D eigenvalue weighted by molar-refractivity contribution is 0.0944. The summed E-state index contributed by atoms with van der Waals surface area (Å²) < 4.78 is 0. The van der Waals surface area contributed by atoms with Crippen molar-refractivity contribution >= 4 is 5.91 Å². The van der Waals surface area contributed by atoms with Crippen LogP contribution in [-0.4, -0.2) is 11.9 Å². The van der Waals surface area contributed by atoms with Crippen LogP contribution in [0.5, 0.6) is 0 Å². The number of nitrogens with one attached hydrogen (secondary N) is 1. The monoisotopic (exact) mass is 187 g/mol. The molecular weight excluding hydrogens is 174 g/mol. The number of amides is 1. The highest BCUT2D eigenvalue weighted by Gasteiger charge is 2.12. The zero-order valence-electron chi connectivity index (χ0n) is 7.94. The van der Waals surface area contributed by atoms with E-state index < -0.39 is 0 Å². The van der Waals surface area contributed by atoms with Crippen LogP contribution in [0.25, 0.3) is 0 Å². The first-order chi connectivity index (χ1) is 6.86. The number of hydrogen-bond donors (Lipinski definition) is 1. The Balaban J connectivity index is 1.99. The molecule has 0 unspecified atom stereocenters. The van der Waals surface area contributed by atoms with Gasteiger partial charge in [-0.05, 0) is 25.0 Å². The van der Waals surface area contributed by atoms with Crippen LogP contribution in [0.4, 0.5) is 0 Å². The van der Waals surface area contributed by atoms with Crippen LogP contribution in [0.3, 0.4) is 0 Å². The van der Waals surface area contributed by atoms with Crippen LogP contribution in [-0.2, 0) is 0 Å². The third-order valence-corrected chi connectivity index (χ3v) is 2.37. The SMILES string of the molecule is O=C(N[C@@H]1C=CCC1)c1ccccc1. The average Bonchev–Trinajstić information content (AvgIpc) is 2.72. The van der Waals surface area contributed by atoms with Gasteiger partial charge in [-0.15, -0.1) is 0 Å². The first-order valence-corrected chi connectivity index (χ1v) is 4.89. The fourth-order valence-electron chi connectivity index (χ4n) is 1.59. The smallest absolute Gasteiger partial charge is 0.251 e. The minimum Gasteiger partial charge on any atom is -0.346 e. The average molecular weight is 187 g/mol. The molecular formula is C12H13NO. The molecule has 1 aromatic rings. The number of carbonyl (C=O) groups is 1. The molecule has 2 nitrogen and oxygen atoms in total. The second-order valence-electron chi connectivity index (χ2n) is 3.45. The third-order valence-electron chi connectivity index (χ3n) is 2.37. The van der Waals surface area contributed by atoms with Crippen molar-refractivity contribution in [1.82, 2.24) is 5.32 Å². The topological polar surface area (TPSA) is 29.1 Å². The summed E-state index contributed by atoms with van der Waals surface area (Å²) in [6.07, 6.45) is 6.26. The molecule has 0 fully saturated rings. The van der Waals surface area contributed by atoms with E-state index >= 15 is 0 Å². The van der Waals surface area contributed by atoms with E-state index in [4.69, 9.17) is 0 Å². The molecule has 72 valence electrons. The van der Waals surface area contributed by atoms with E-state index in [-0.39, 0.29) is 11.9 Å². The number of rotatable bonds is 2. The maximum absolute atomic E-state index is 11.7. The summed E-state index contributed by atoms with van der Waals surface area (Å²) in [7, 11) is 0. The van der Waals surface area contributed by atoms with E-state index in [2.05, 4.69) is 17.5 Å². The highest BCUT2D eigenvalue weighted by molar-refractivity contribution is 5.94. The highest BCUT2D eigenvalue weighted by Crippen LogP contribution is 2.09. The van der Waals surface area contributed by atoms with Gasteiger partial charge in [0.05, 0.1) is 0 Å². The van der Waals surface area contributed by atoms with Crippen LogP contribution in [0, 0.1) is 0 Å². The molecule has 0 radical (unpaired) electrons. The number of carbonyl (C=O) groups excluding carboxylic acids is 1. The maximum atomic E-state index is 11.7. The van der Waals surface area contributed by atoms with E-state index in [1.165, 1.54) is 0 Å². The quantitative estimate of drug-likeness (QED) is 0.706. The van der Waals surface area contributed by atoms with E-state index in [0.717, 1.165) is 18.4 Å². The minimum atomic E-state index is 0.0159. The molecule has 0 aliphatic heterocycles. The summed E-state index contributed by atoms with van der Waals surface area (Å²) in [5.41, 5.74) is 0.729. The van der Waals surface area contributed by atoms with E-state index in [9.17, 15) is 4.79 Å². The zero-order chi connectivity index (χ0) is 9.80. The van der Waals surface area contributed by atoms with Crippen molar-refractivity contribution in [3.8, 4) is 0 Å². The Hall–Kier alpha value is -1.57. The summed E-state index contributed by atoms with van der Waals surface area (Å²) in [4.78, 5) is 11.7. The predicted molar refractivity (Wildman–Crippen MR) is 56.1 cm³/mol.